The normalized spacial score (nSPS) is 15.0. The van der Waals surface area contributed by atoms with Gasteiger partial charge < -0.3 is 14.8 Å². The standard InChI is InChI=1S/C16H16F3N3O3/c1-25-13-3-2-9(6-12(13)23)7-22-5-4-10-11(8-22)20-15(16(17,18)19)21-14(10)24/h2-3,6,23H,4-5,7-8H2,1H3,(H,20,21,24). The van der Waals surface area contributed by atoms with Crippen molar-refractivity contribution in [2.24, 2.45) is 0 Å². The minimum Gasteiger partial charge on any atom is -0.504 e. The van der Waals surface area contributed by atoms with E-state index in [1.807, 2.05) is 4.90 Å². The number of benzene rings is 1. The predicted octanol–water partition coefficient (Wildman–Crippen LogP) is 2.06. The van der Waals surface area contributed by atoms with E-state index >= 15 is 0 Å². The number of methoxy groups -OCH3 is 1. The average Bonchev–Trinajstić information content (AvgIpc) is 2.54. The number of H-pyrrole nitrogens is 1. The highest BCUT2D eigenvalue weighted by Gasteiger charge is 2.35. The Balaban J connectivity index is 1.82. The molecule has 25 heavy (non-hydrogen) atoms. The molecule has 0 amide bonds. The third-order valence-electron chi connectivity index (χ3n) is 4.07. The van der Waals surface area contributed by atoms with Crippen LogP contribution in [0.1, 0.15) is 22.6 Å². The molecule has 0 atom stereocenters. The summed E-state index contributed by atoms with van der Waals surface area (Å²) in [5, 5.41) is 9.81. The van der Waals surface area contributed by atoms with Gasteiger partial charge in [0.15, 0.2) is 11.5 Å². The van der Waals surface area contributed by atoms with E-state index in [-0.39, 0.29) is 18.0 Å². The van der Waals surface area contributed by atoms with Crippen molar-refractivity contribution in [3.05, 3.63) is 51.2 Å². The topological polar surface area (TPSA) is 78.5 Å². The molecule has 2 heterocycles. The maximum absolute atomic E-state index is 12.8. The molecule has 2 N–H and O–H groups in total. The molecule has 1 aliphatic rings. The lowest BCUT2D eigenvalue weighted by molar-refractivity contribution is -0.145. The van der Waals surface area contributed by atoms with E-state index in [4.69, 9.17) is 4.74 Å². The monoisotopic (exact) mass is 355 g/mol. The van der Waals surface area contributed by atoms with Crippen LogP contribution in [-0.2, 0) is 25.7 Å². The number of fused-ring (bicyclic) bond motifs is 1. The number of phenolic OH excluding ortho intramolecular Hbond substituents is 1. The summed E-state index contributed by atoms with van der Waals surface area (Å²) < 4.78 is 43.4. The van der Waals surface area contributed by atoms with Gasteiger partial charge in [-0.2, -0.15) is 13.2 Å². The molecule has 9 heteroatoms. The lowest BCUT2D eigenvalue weighted by atomic mass is 10.1. The second kappa shape index (κ2) is 6.40. The molecule has 2 aromatic rings. The van der Waals surface area contributed by atoms with Crippen LogP contribution in [0.4, 0.5) is 13.2 Å². The minimum atomic E-state index is -4.70. The zero-order chi connectivity index (χ0) is 18.2. The molecule has 0 radical (unpaired) electrons. The number of rotatable bonds is 3. The van der Waals surface area contributed by atoms with E-state index in [9.17, 15) is 23.1 Å². The molecule has 0 fully saturated rings. The Morgan fingerprint density at radius 1 is 1.40 bits per heavy atom. The summed E-state index contributed by atoms with van der Waals surface area (Å²) in [6.45, 7) is 1.05. The fraction of sp³-hybridized carbons (Fsp3) is 0.375. The minimum absolute atomic E-state index is 0.00802. The number of nitrogens with one attached hydrogen (secondary N) is 1. The second-order valence-electron chi connectivity index (χ2n) is 5.80. The van der Waals surface area contributed by atoms with Crippen LogP contribution in [-0.4, -0.2) is 33.6 Å². The van der Waals surface area contributed by atoms with Crippen molar-refractivity contribution in [3.63, 3.8) is 0 Å². The molecule has 0 bridgehead atoms. The van der Waals surface area contributed by atoms with E-state index in [1.54, 1.807) is 23.2 Å². The highest BCUT2D eigenvalue weighted by atomic mass is 19.4. The van der Waals surface area contributed by atoms with Crippen LogP contribution in [0.25, 0.3) is 0 Å². The Morgan fingerprint density at radius 3 is 2.80 bits per heavy atom. The van der Waals surface area contributed by atoms with Crippen LogP contribution in [0.5, 0.6) is 11.5 Å². The van der Waals surface area contributed by atoms with E-state index in [2.05, 4.69) is 4.98 Å². The van der Waals surface area contributed by atoms with Gasteiger partial charge in [-0.1, -0.05) is 6.07 Å². The highest BCUT2D eigenvalue weighted by Crippen LogP contribution is 2.29. The van der Waals surface area contributed by atoms with Crippen LogP contribution in [0.2, 0.25) is 0 Å². The average molecular weight is 355 g/mol. The van der Waals surface area contributed by atoms with Crippen molar-refractivity contribution in [1.82, 2.24) is 14.9 Å². The fourth-order valence-corrected chi connectivity index (χ4v) is 2.86. The van der Waals surface area contributed by atoms with Gasteiger partial charge in [0, 0.05) is 25.2 Å². The van der Waals surface area contributed by atoms with E-state index in [0.717, 1.165) is 5.56 Å². The van der Waals surface area contributed by atoms with Crippen molar-refractivity contribution in [3.8, 4) is 11.5 Å². The number of hydrogen-bond acceptors (Lipinski definition) is 5. The van der Waals surface area contributed by atoms with Crippen molar-refractivity contribution < 1.29 is 23.0 Å². The van der Waals surface area contributed by atoms with Gasteiger partial charge in [0.25, 0.3) is 5.56 Å². The summed E-state index contributed by atoms with van der Waals surface area (Å²) in [7, 11) is 1.44. The number of aromatic amines is 1. The molecule has 0 saturated heterocycles. The van der Waals surface area contributed by atoms with E-state index < -0.39 is 17.6 Å². The summed E-state index contributed by atoms with van der Waals surface area (Å²) >= 11 is 0. The molecule has 1 aliphatic heterocycles. The van der Waals surface area contributed by atoms with Crippen LogP contribution in [0, 0.1) is 0 Å². The lowest BCUT2D eigenvalue weighted by Gasteiger charge is -2.28. The number of ether oxygens (including phenoxy) is 1. The SMILES string of the molecule is COc1ccc(CN2CCc3c(nc(C(F)(F)F)[nH]c3=O)C2)cc1O. The van der Waals surface area contributed by atoms with Gasteiger partial charge >= 0.3 is 6.18 Å². The van der Waals surface area contributed by atoms with Gasteiger partial charge in [-0.05, 0) is 24.1 Å². The largest absolute Gasteiger partial charge is 0.504 e. The van der Waals surface area contributed by atoms with Crippen LogP contribution < -0.4 is 10.3 Å². The summed E-state index contributed by atoms with van der Waals surface area (Å²) in [6.07, 6.45) is -4.38. The van der Waals surface area contributed by atoms with Gasteiger partial charge in [0.05, 0.1) is 12.8 Å². The van der Waals surface area contributed by atoms with Gasteiger partial charge in [-0.15, -0.1) is 0 Å². The number of phenols is 1. The molecule has 0 saturated carbocycles. The highest BCUT2D eigenvalue weighted by molar-refractivity contribution is 5.41. The fourth-order valence-electron chi connectivity index (χ4n) is 2.86. The molecule has 0 spiro atoms. The van der Waals surface area contributed by atoms with Gasteiger partial charge in [-0.25, -0.2) is 4.98 Å². The zero-order valence-electron chi connectivity index (χ0n) is 13.4. The quantitative estimate of drug-likeness (QED) is 0.881. The molecule has 6 nitrogen and oxygen atoms in total. The van der Waals surface area contributed by atoms with E-state index in [0.29, 0.717) is 30.8 Å². The number of halogens is 3. The summed E-state index contributed by atoms with van der Waals surface area (Å²) in [6, 6.07) is 4.93. The van der Waals surface area contributed by atoms with Crippen molar-refractivity contribution >= 4 is 0 Å². The maximum Gasteiger partial charge on any atom is 0.449 e. The molecule has 0 aliphatic carbocycles. The summed E-state index contributed by atoms with van der Waals surface area (Å²) in [5.74, 6) is -0.942. The molecular weight excluding hydrogens is 339 g/mol. The maximum atomic E-state index is 12.8. The van der Waals surface area contributed by atoms with E-state index in [1.165, 1.54) is 7.11 Å². The molecule has 134 valence electrons. The first-order valence-corrected chi connectivity index (χ1v) is 7.55. The smallest absolute Gasteiger partial charge is 0.449 e. The number of aromatic hydroxyl groups is 1. The molecule has 1 aromatic heterocycles. The van der Waals surface area contributed by atoms with Gasteiger partial charge in [0.2, 0.25) is 5.82 Å². The zero-order valence-corrected chi connectivity index (χ0v) is 13.4. The van der Waals surface area contributed by atoms with Gasteiger partial charge in [0.1, 0.15) is 0 Å². The Morgan fingerprint density at radius 2 is 2.16 bits per heavy atom. The summed E-state index contributed by atoms with van der Waals surface area (Å²) in [5.41, 5.74) is 0.476. The van der Waals surface area contributed by atoms with Crippen molar-refractivity contribution in [1.29, 1.82) is 0 Å². The van der Waals surface area contributed by atoms with Crippen LogP contribution >= 0.6 is 0 Å². The molecular formula is C16H16F3N3O3. The summed E-state index contributed by atoms with van der Waals surface area (Å²) in [4.78, 5) is 19.1. The Bertz CT molecular complexity index is 849. The number of alkyl halides is 3. The van der Waals surface area contributed by atoms with Crippen molar-refractivity contribution in [2.45, 2.75) is 25.7 Å². The first-order chi connectivity index (χ1) is 11.8. The third-order valence-corrected chi connectivity index (χ3v) is 4.07. The third kappa shape index (κ3) is 3.60. The molecule has 3 rings (SSSR count). The van der Waals surface area contributed by atoms with Crippen molar-refractivity contribution in [2.75, 3.05) is 13.7 Å². The Kier molecular flexibility index (Phi) is 4.42. The lowest BCUT2D eigenvalue weighted by Crippen LogP contribution is -2.36. The first-order valence-electron chi connectivity index (χ1n) is 7.55. The molecule has 0 unspecified atom stereocenters. The van der Waals surface area contributed by atoms with Crippen LogP contribution in [0.15, 0.2) is 23.0 Å². The number of aromatic nitrogens is 2. The first kappa shape index (κ1) is 17.3. The Hall–Kier alpha value is -2.55. The number of nitrogens with zero attached hydrogens (tertiary/aromatic N) is 2. The van der Waals surface area contributed by atoms with Gasteiger partial charge in [-0.3, -0.25) is 9.69 Å². The second-order valence-corrected chi connectivity index (χ2v) is 5.80. The van der Waals surface area contributed by atoms with Crippen LogP contribution in [0.3, 0.4) is 0 Å². The molecule has 1 aromatic carbocycles. The number of hydrogen-bond donors (Lipinski definition) is 2. The Labute approximate surface area is 140 Å². The predicted molar refractivity (Wildman–Crippen MR) is 82.3 cm³/mol.